The van der Waals surface area contributed by atoms with E-state index in [1.54, 1.807) is 0 Å². The second-order valence-corrected chi connectivity index (χ2v) is 5.69. The average molecular weight is 250 g/mol. The topological polar surface area (TPSA) is 67.3 Å². The molecule has 1 aliphatic carbocycles. The van der Waals surface area contributed by atoms with E-state index in [1.807, 2.05) is 16.9 Å². The Morgan fingerprint density at radius 3 is 2.94 bits per heavy atom. The zero-order valence-electron chi connectivity index (χ0n) is 10.7. The number of anilines is 1. The van der Waals surface area contributed by atoms with Gasteiger partial charge < -0.3 is 15.7 Å². The van der Waals surface area contributed by atoms with Crippen LogP contribution in [0.2, 0.25) is 0 Å². The standard InChI is InChI=1S/C13H22N4O/c14-13-4-7-17(15-13)6-1-5-16-8-10-2-3-12(18)11(10)9-16/h4,7,10-12,18H,1-3,5-6,8-9H2,(H2,14,15). The molecule has 3 atom stereocenters. The first-order chi connectivity index (χ1) is 8.72. The lowest BCUT2D eigenvalue weighted by atomic mass is 10.00. The molecule has 2 fully saturated rings. The summed E-state index contributed by atoms with van der Waals surface area (Å²) in [6, 6.07) is 1.83. The van der Waals surface area contributed by atoms with E-state index in [1.165, 1.54) is 13.0 Å². The summed E-state index contributed by atoms with van der Waals surface area (Å²) < 4.78 is 1.90. The zero-order chi connectivity index (χ0) is 12.5. The number of aromatic nitrogens is 2. The largest absolute Gasteiger partial charge is 0.393 e. The van der Waals surface area contributed by atoms with Crippen LogP contribution in [-0.4, -0.2) is 45.5 Å². The first-order valence-corrected chi connectivity index (χ1v) is 6.92. The number of aryl methyl sites for hydroxylation is 1. The Morgan fingerprint density at radius 1 is 1.33 bits per heavy atom. The molecule has 1 aromatic rings. The Hall–Kier alpha value is -1.07. The molecule has 2 heterocycles. The van der Waals surface area contributed by atoms with Crippen LogP contribution < -0.4 is 5.73 Å². The lowest BCUT2D eigenvalue weighted by Gasteiger charge is -2.17. The fourth-order valence-electron chi connectivity index (χ4n) is 3.47. The first kappa shape index (κ1) is 12.0. The van der Waals surface area contributed by atoms with Crippen molar-refractivity contribution in [3.8, 4) is 0 Å². The number of hydrogen-bond acceptors (Lipinski definition) is 4. The summed E-state index contributed by atoms with van der Waals surface area (Å²) in [5.41, 5.74) is 5.58. The third kappa shape index (κ3) is 2.37. The molecule has 3 N–H and O–H groups in total. The van der Waals surface area contributed by atoms with Gasteiger partial charge in [-0.3, -0.25) is 4.68 Å². The third-order valence-corrected chi connectivity index (χ3v) is 4.42. The van der Waals surface area contributed by atoms with Crippen LogP contribution in [0.4, 0.5) is 5.82 Å². The molecule has 1 aliphatic heterocycles. The minimum absolute atomic E-state index is 0.0501. The normalized spacial score (nSPS) is 31.9. The SMILES string of the molecule is Nc1ccn(CCCN2CC3CCC(O)C3C2)n1. The molecule has 0 spiro atoms. The van der Waals surface area contributed by atoms with E-state index in [0.717, 1.165) is 38.4 Å². The number of aliphatic hydroxyl groups excluding tert-OH is 1. The number of hydrogen-bond donors (Lipinski definition) is 2. The summed E-state index contributed by atoms with van der Waals surface area (Å²) in [7, 11) is 0. The van der Waals surface area contributed by atoms with Crippen molar-refractivity contribution in [3.05, 3.63) is 12.3 Å². The van der Waals surface area contributed by atoms with Gasteiger partial charge in [-0.05, 0) is 37.8 Å². The highest BCUT2D eigenvalue weighted by molar-refractivity contribution is 5.23. The van der Waals surface area contributed by atoms with Gasteiger partial charge >= 0.3 is 0 Å². The smallest absolute Gasteiger partial charge is 0.145 e. The van der Waals surface area contributed by atoms with E-state index >= 15 is 0 Å². The number of nitrogens with two attached hydrogens (primary N) is 1. The van der Waals surface area contributed by atoms with Crippen LogP contribution in [-0.2, 0) is 6.54 Å². The summed E-state index contributed by atoms with van der Waals surface area (Å²) in [5, 5.41) is 14.0. The van der Waals surface area contributed by atoms with Gasteiger partial charge in [-0.2, -0.15) is 5.10 Å². The molecule has 5 nitrogen and oxygen atoms in total. The van der Waals surface area contributed by atoms with Crippen molar-refractivity contribution in [1.29, 1.82) is 0 Å². The first-order valence-electron chi connectivity index (χ1n) is 6.92. The Labute approximate surface area is 108 Å². The summed E-state index contributed by atoms with van der Waals surface area (Å²) in [5.74, 6) is 1.86. The molecular weight excluding hydrogens is 228 g/mol. The van der Waals surface area contributed by atoms with Crippen LogP contribution in [0.15, 0.2) is 12.3 Å². The van der Waals surface area contributed by atoms with Crippen molar-refractivity contribution in [2.45, 2.75) is 31.9 Å². The van der Waals surface area contributed by atoms with E-state index < -0.39 is 0 Å². The van der Waals surface area contributed by atoms with Crippen molar-refractivity contribution >= 4 is 5.82 Å². The van der Waals surface area contributed by atoms with E-state index in [9.17, 15) is 5.11 Å². The van der Waals surface area contributed by atoms with Crippen molar-refractivity contribution in [3.63, 3.8) is 0 Å². The van der Waals surface area contributed by atoms with Gasteiger partial charge in [0.15, 0.2) is 0 Å². The number of nitrogen functional groups attached to an aromatic ring is 1. The Morgan fingerprint density at radius 2 is 2.22 bits per heavy atom. The summed E-state index contributed by atoms with van der Waals surface area (Å²) in [6.07, 6.45) is 5.19. The maximum absolute atomic E-state index is 9.87. The van der Waals surface area contributed by atoms with Gasteiger partial charge in [0.05, 0.1) is 6.10 Å². The average Bonchev–Trinajstić information content (AvgIpc) is 2.99. The highest BCUT2D eigenvalue weighted by Gasteiger charge is 2.41. The summed E-state index contributed by atoms with van der Waals surface area (Å²) in [4.78, 5) is 2.49. The van der Waals surface area contributed by atoms with Gasteiger partial charge in [0.25, 0.3) is 0 Å². The lowest BCUT2D eigenvalue weighted by Crippen LogP contribution is -2.26. The number of likely N-dealkylation sites (tertiary alicyclic amines) is 1. The maximum atomic E-state index is 9.87. The van der Waals surface area contributed by atoms with Crippen molar-refractivity contribution in [2.24, 2.45) is 11.8 Å². The van der Waals surface area contributed by atoms with E-state index in [0.29, 0.717) is 11.7 Å². The highest BCUT2D eigenvalue weighted by Crippen LogP contribution is 2.37. The molecule has 0 bridgehead atoms. The third-order valence-electron chi connectivity index (χ3n) is 4.42. The number of nitrogens with zero attached hydrogens (tertiary/aromatic N) is 3. The summed E-state index contributed by atoms with van der Waals surface area (Å²) in [6.45, 7) is 4.27. The molecule has 1 saturated carbocycles. The van der Waals surface area contributed by atoms with Gasteiger partial charge in [-0.15, -0.1) is 0 Å². The molecule has 100 valence electrons. The van der Waals surface area contributed by atoms with Crippen molar-refractivity contribution in [1.82, 2.24) is 14.7 Å². The Kier molecular flexibility index (Phi) is 3.26. The Balaban J connectivity index is 1.42. The number of fused-ring (bicyclic) bond motifs is 1. The maximum Gasteiger partial charge on any atom is 0.145 e. The van der Waals surface area contributed by atoms with E-state index in [-0.39, 0.29) is 6.10 Å². The van der Waals surface area contributed by atoms with Crippen LogP contribution in [0, 0.1) is 11.8 Å². The molecule has 0 aromatic carbocycles. The Bertz CT molecular complexity index is 405. The molecule has 0 radical (unpaired) electrons. The number of rotatable bonds is 4. The predicted octanol–water partition coefficient (Wildman–Crippen LogP) is 0.558. The number of aliphatic hydroxyl groups is 1. The van der Waals surface area contributed by atoms with Crippen LogP contribution in [0.25, 0.3) is 0 Å². The van der Waals surface area contributed by atoms with Crippen LogP contribution in [0.5, 0.6) is 0 Å². The minimum Gasteiger partial charge on any atom is -0.393 e. The lowest BCUT2D eigenvalue weighted by molar-refractivity contribution is 0.124. The molecule has 2 aliphatic rings. The predicted molar refractivity (Wildman–Crippen MR) is 69.9 cm³/mol. The molecule has 3 unspecified atom stereocenters. The second-order valence-electron chi connectivity index (χ2n) is 5.69. The highest BCUT2D eigenvalue weighted by atomic mass is 16.3. The monoisotopic (exact) mass is 250 g/mol. The van der Waals surface area contributed by atoms with Crippen LogP contribution >= 0.6 is 0 Å². The quantitative estimate of drug-likeness (QED) is 0.819. The second kappa shape index (κ2) is 4.90. The van der Waals surface area contributed by atoms with Gasteiger partial charge in [0.1, 0.15) is 5.82 Å². The molecule has 0 amide bonds. The van der Waals surface area contributed by atoms with E-state index in [4.69, 9.17) is 5.73 Å². The summed E-state index contributed by atoms with van der Waals surface area (Å²) >= 11 is 0. The van der Waals surface area contributed by atoms with Crippen LogP contribution in [0.3, 0.4) is 0 Å². The van der Waals surface area contributed by atoms with Crippen molar-refractivity contribution in [2.75, 3.05) is 25.4 Å². The van der Waals surface area contributed by atoms with Crippen molar-refractivity contribution < 1.29 is 5.11 Å². The molecule has 3 rings (SSSR count). The minimum atomic E-state index is -0.0501. The van der Waals surface area contributed by atoms with Gasteiger partial charge in [0.2, 0.25) is 0 Å². The zero-order valence-corrected chi connectivity index (χ0v) is 10.7. The van der Waals surface area contributed by atoms with Gasteiger partial charge in [-0.1, -0.05) is 0 Å². The molecule has 1 aromatic heterocycles. The molecule has 5 heteroatoms. The fourth-order valence-corrected chi connectivity index (χ4v) is 3.47. The van der Waals surface area contributed by atoms with E-state index in [2.05, 4.69) is 10.00 Å². The van der Waals surface area contributed by atoms with Gasteiger partial charge in [0, 0.05) is 31.7 Å². The van der Waals surface area contributed by atoms with Gasteiger partial charge in [-0.25, -0.2) is 0 Å². The fraction of sp³-hybridized carbons (Fsp3) is 0.769. The molecular formula is C13H22N4O. The van der Waals surface area contributed by atoms with Crippen LogP contribution in [0.1, 0.15) is 19.3 Å². The molecule has 1 saturated heterocycles. The molecule has 18 heavy (non-hydrogen) atoms.